The average Bonchev–Trinajstić information content (AvgIpc) is 2.50. The molecule has 1 aliphatic heterocycles. The van der Waals surface area contributed by atoms with Crippen molar-refractivity contribution < 1.29 is 0 Å². The number of nitrogens with zero attached hydrogens (tertiary/aromatic N) is 1. The molecule has 1 atom stereocenters. The second-order valence-corrected chi connectivity index (χ2v) is 5.38. The number of piperidine rings is 1. The molecule has 1 fully saturated rings. The van der Waals surface area contributed by atoms with Gasteiger partial charge in [0.2, 0.25) is 0 Å². The molecule has 0 aliphatic carbocycles. The Bertz CT molecular complexity index is 492. The van der Waals surface area contributed by atoms with Crippen molar-refractivity contribution in [1.29, 1.82) is 0 Å². The lowest BCUT2D eigenvalue weighted by Gasteiger charge is -2.36. The lowest BCUT2D eigenvalue weighted by molar-refractivity contribution is 0.140. The lowest BCUT2D eigenvalue weighted by atomic mass is 9.95. The van der Waals surface area contributed by atoms with Crippen LogP contribution in [0.2, 0.25) is 0 Å². The van der Waals surface area contributed by atoms with Crippen LogP contribution >= 0.6 is 0 Å². The number of hydrogen-bond acceptors (Lipinski definition) is 1. The van der Waals surface area contributed by atoms with E-state index in [1.165, 1.54) is 36.9 Å². The fourth-order valence-corrected chi connectivity index (χ4v) is 3.05. The van der Waals surface area contributed by atoms with Crippen molar-refractivity contribution >= 4 is 0 Å². The van der Waals surface area contributed by atoms with E-state index < -0.39 is 0 Å². The third-order valence-corrected chi connectivity index (χ3v) is 4.03. The third kappa shape index (κ3) is 3.05. The largest absolute Gasteiger partial charge is 0.292 e. The number of hydrogen-bond donors (Lipinski definition) is 0. The van der Waals surface area contributed by atoms with E-state index in [0.717, 1.165) is 6.54 Å². The lowest BCUT2D eigenvalue weighted by Crippen LogP contribution is -2.32. The van der Waals surface area contributed by atoms with Crippen LogP contribution in [0.1, 0.15) is 36.4 Å². The Hall–Kier alpha value is -1.60. The van der Waals surface area contributed by atoms with Crippen molar-refractivity contribution in [3.8, 4) is 0 Å². The first kappa shape index (κ1) is 12.4. The topological polar surface area (TPSA) is 3.24 Å². The van der Waals surface area contributed by atoms with E-state index in [-0.39, 0.29) is 0 Å². The Morgan fingerprint density at radius 3 is 2.26 bits per heavy atom. The summed E-state index contributed by atoms with van der Waals surface area (Å²) in [6, 6.07) is 22.4. The van der Waals surface area contributed by atoms with Crippen LogP contribution in [0.25, 0.3) is 0 Å². The van der Waals surface area contributed by atoms with Crippen LogP contribution in [0.3, 0.4) is 0 Å². The molecule has 0 spiro atoms. The average molecular weight is 251 g/mol. The van der Waals surface area contributed by atoms with E-state index in [1.807, 2.05) is 0 Å². The minimum atomic E-state index is 0.593. The second kappa shape index (κ2) is 6.03. The van der Waals surface area contributed by atoms with Crippen LogP contribution < -0.4 is 0 Å². The van der Waals surface area contributed by atoms with Crippen LogP contribution in [-0.2, 0) is 6.54 Å². The maximum atomic E-state index is 2.63. The third-order valence-electron chi connectivity index (χ3n) is 4.03. The highest BCUT2D eigenvalue weighted by Crippen LogP contribution is 2.31. The second-order valence-electron chi connectivity index (χ2n) is 5.38. The van der Waals surface area contributed by atoms with Gasteiger partial charge in [-0.3, -0.25) is 4.90 Å². The van der Waals surface area contributed by atoms with E-state index in [1.54, 1.807) is 0 Å². The van der Waals surface area contributed by atoms with Crippen LogP contribution in [-0.4, -0.2) is 11.4 Å². The molecular weight excluding hydrogens is 230 g/mol. The van der Waals surface area contributed by atoms with Crippen LogP contribution in [0.15, 0.2) is 60.7 Å². The van der Waals surface area contributed by atoms with Gasteiger partial charge in [-0.2, -0.15) is 0 Å². The summed E-state index contributed by atoms with van der Waals surface area (Å²) in [6.45, 7) is 2.29. The van der Waals surface area contributed by atoms with Crippen LogP contribution in [0.4, 0.5) is 0 Å². The molecule has 2 aromatic carbocycles. The molecule has 0 saturated carbocycles. The predicted molar refractivity (Wildman–Crippen MR) is 79.9 cm³/mol. The highest BCUT2D eigenvalue weighted by atomic mass is 15.2. The summed E-state index contributed by atoms with van der Waals surface area (Å²) in [4.78, 5) is 2.63. The van der Waals surface area contributed by atoms with E-state index in [2.05, 4.69) is 65.6 Å². The highest BCUT2D eigenvalue weighted by molar-refractivity contribution is 5.21. The highest BCUT2D eigenvalue weighted by Gasteiger charge is 2.23. The first-order valence-electron chi connectivity index (χ1n) is 7.26. The number of benzene rings is 2. The van der Waals surface area contributed by atoms with Gasteiger partial charge in [-0.05, 0) is 30.5 Å². The Balaban J connectivity index is 1.78. The summed E-state index contributed by atoms with van der Waals surface area (Å²) >= 11 is 0. The summed E-state index contributed by atoms with van der Waals surface area (Å²) in [7, 11) is 0. The molecule has 2 aromatic rings. The Morgan fingerprint density at radius 2 is 1.53 bits per heavy atom. The van der Waals surface area contributed by atoms with E-state index >= 15 is 0 Å². The van der Waals surface area contributed by atoms with Crippen LogP contribution in [0.5, 0.6) is 0 Å². The molecule has 3 rings (SSSR count). The molecule has 1 unspecified atom stereocenters. The van der Waals surface area contributed by atoms with Crippen molar-refractivity contribution in [2.75, 3.05) is 6.54 Å². The van der Waals surface area contributed by atoms with Crippen molar-refractivity contribution in [3.63, 3.8) is 0 Å². The molecule has 1 nitrogen and oxygen atoms in total. The zero-order chi connectivity index (χ0) is 12.9. The van der Waals surface area contributed by atoms with Gasteiger partial charge in [0.15, 0.2) is 0 Å². The fourth-order valence-electron chi connectivity index (χ4n) is 3.05. The Kier molecular flexibility index (Phi) is 3.95. The first-order chi connectivity index (χ1) is 9.43. The summed E-state index contributed by atoms with van der Waals surface area (Å²) in [5.41, 5.74) is 2.89. The summed E-state index contributed by atoms with van der Waals surface area (Å²) in [6.07, 6.45) is 3.97. The predicted octanol–water partition coefficient (Wildman–Crippen LogP) is 4.41. The monoisotopic (exact) mass is 251 g/mol. The zero-order valence-corrected chi connectivity index (χ0v) is 11.3. The van der Waals surface area contributed by atoms with Gasteiger partial charge in [0.1, 0.15) is 0 Å². The quantitative estimate of drug-likeness (QED) is 0.781. The molecule has 1 saturated heterocycles. The summed E-state index contributed by atoms with van der Waals surface area (Å²) in [5, 5.41) is 0. The maximum Gasteiger partial charge on any atom is 0.0351 e. The van der Waals surface area contributed by atoms with Crippen molar-refractivity contribution in [2.24, 2.45) is 0 Å². The molecule has 1 aliphatic rings. The standard InChI is InChI=1S/C18H21N/c1-3-9-16(10-4-1)15-19-14-8-7-13-18(19)17-11-5-2-6-12-17/h1-6,9-12,18H,7-8,13-15H2. The maximum absolute atomic E-state index is 2.63. The van der Waals surface area contributed by atoms with Crippen molar-refractivity contribution in [2.45, 2.75) is 31.8 Å². The van der Waals surface area contributed by atoms with Gasteiger partial charge >= 0.3 is 0 Å². The molecule has 19 heavy (non-hydrogen) atoms. The first-order valence-corrected chi connectivity index (χ1v) is 7.26. The van der Waals surface area contributed by atoms with Gasteiger partial charge in [0, 0.05) is 12.6 Å². The minimum absolute atomic E-state index is 0.593. The summed E-state index contributed by atoms with van der Waals surface area (Å²) < 4.78 is 0. The molecule has 98 valence electrons. The Morgan fingerprint density at radius 1 is 0.842 bits per heavy atom. The molecule has 1 heteroatoms. The van der Waals surface area contributed by atoms with Gasteiger partial charge in [0.25, 0.3) is 0 Å². The molecule has 1 heterocycles. The van der Waals surface area contributed by atoms with E-state index in [9.17, 15) is 0 Å². The van der Waals surface area contributed by atoms with Crippen molar-refractivity contribution in [1.82, 2.24) is 4.90 Å². The van der Waals surface area contributed by atoms with Gasteiger partial charge in [0.05, 0.1) is 0 Å². The minimum Gasteiger partial charge on any atom is -0.292 e. The SMILES string of the molecule is c1ccc(CN2CCCCC2c2ccccc2)cc1. The van der Waals surface area contributed by atoms with E-state index in [4.69, 9.17) is 0 Å². The molecule has 0 radical (unpaired) electrons. The molecule has 0 amide bonds. The van der Waals surface area contributed by atoms with Gasteiger partial charge < -0.3 is 0 Å². The Labute approximate surface area is 115 Å². The molecule has 0 aromatic heterocycles. The number of likely N-dealkylation sites (tertiary alicyclic amines) is 1. The zero-order valence-electron chi connectivity index (χ0n) is 11.3. The number of rotatable bonds is 3. The van der Waals surface area contributed by atoms with Gasteiger partial charge in [-0.25, -0.2) is 0 Å². The van der Waals surface area contributed by atoms with Crippen LogP contribution in [0, 0.1) is 0 Å². The van der Waals surface area contributed by atoms with Gasteiger partial charge in [-0.1, -0.05) is 67.1 Å². The normalized spacial score (nSPS) is 20.3. The molecular formula is C18H21N. The molecule has 0 bridgehead atoms. The fraction of sp³-hybridized carbons (Fsp3) is 0.333. The smallest absolute Gasteiger partial charge is 0.0351 e. The molecule has 0 N–H and O–H groups in total. The van der Waals surface area contributed by atoms with E-state index in [0.29, 0.717) is 6.04 Å². The van der Waals surface area contributed by atoms with Gasteiger partial charge in [-0.15, -0.1) is 0 Å². The van der Waals surface area contributed by atoms with Crippen molar-refractivity contribution in [3.05, 3.63) is 71.8 Å². The summed E-state index contributed by atoms with van der Waals surface area (Å²) in [5.74, 6) is 0.